The average molecular weight is 262 g/mol. The van der Waals surface area contributed by atoms with E-state index in [0.717, 1.165) is 12.1 Å². The molecule has 7 heteroatoms. The number of amides is 1. The Balaban J connectivity index is 3.01. The van der Waals surface area contributed by atoms with Crippen molar-refractivity contribution in [2.45, 2.75) is 4.90 Å². The minimum Gasteiger partial charge on any atom is -0.399 e. The molecule has 0 aliphatic heterocycles. The third kappa shape index (κ3) is 3.23. The maximum absolute atomic E-state index is 13.4. The van der Waals surface area contributed by atoms with E-state index in [0.29, 0.717) is 0 Å². The van der Waals surface area contributed by atoms with Crippen molar-refractivity contribution in [3.05, 3.63) is 23.8 Å². The molecule has 1 unspecified atom stereocenters. The van der Waals surface area contributed by atoms with Gasteiger partial charge in [0.25, 0.3) is 0 Å². The van der Waals surface area contributed by atoms with Crippen LogP contribution in [-0.2, 0) is 15.6 Å². The molecule has 94 valence electrons. The van der Waals surface area contributed by atoms with E-state index in [2.05, 4.69) is 0 Å². The minimum absolute atomic E-state index is 0.0975. The fourth-order valence-electron chi connectivity index (χ4n) is 1.11. The lowest BCUT2D eigenvalue weighted by Gasteiger charge is -2.10. The van der Waals surface area contributed by atoms with Crippen LogP contribution in [0.15, 0.2) is 17.0 Å². The number of carbonyl (C=O) groups excluding carboxylic acids is 1. The summed E-state index contributed by atoms with van der Waals surface area (Å²) < 4.78 is 38.4. The SMILES string of the molecule is CN(C)C(=O)CS(=O)c1c(F)cc(N)cc1F. The first kappa shape index (κ1) is 13.6. The van der Waals surface area contributed by atoms with Gasteiger partial charge in [0, 0.05) is 19.8 Å². The van der Waals surface area contributed by atoms with Crippen LogP contribution in [0, 0.1) is 11.6 Å². The molecular formula is C10H12F2N2O2S. The van der Waals surface area contributed by atoms with Crippen LogP contribution in [0.3, 0.4) is 0 Å². The third-order valence-corrected chi connectivity index (χ3v) is 3.36. The Labute approximate surface area is 99.9 Å². The summed E-state index contributed by atoms with van der Waals surface area (Å²) in [6.07, 6.45) is 0. The average Bonchev–Trinajstić information content (AvgIpc) is 2.15. The largest absolute Gasteiger partial charge is 0.399 e. The highest BCUT2D eigenvalue weighted by Gasteiger charge is 2.20. The van der Waals surface area contributed by atoms with Gasteiger partial charge in [-0.15, -0.1) is 0 Å². The number of nitrogens with zero attached hydrogens (tertiary/aromatic N) is 1. The summed E-state index contributed by atoms with van der Waals surface area (Å²) in [6, 6.07) is 1.74. The molecule has 0 aliphatic carbocycles. The van der Waals surface area contributed by atoms with Crippen LogP contribution in [0.25, 0.3) is 0 Å². The molecule has 1 atom stereocenters. The van der Waals surface area contributed by atoms with E-state index in [1.54, 1.807) is 0 Å². The maximum Gasteiger partial charge on any atom is 0.235 e. The first-order valence-corrected chi connectivity index (χ1v) is 5.98. The molecule has 17 heavy (non-hydrogen) atoms. The Hall–Kier alpha value is -1.50. The van der Waals surface area contributed by atoms with Crippen molar-refractivity contribution in [1.82, 2.24) is 4.90 Å². The summed E-state index contributed by atoms with van der Waals surface area (Å²) in [5.74, 6) is -2.95. The van der Waals surface area contributed by atoms with Crippen LogP contribution in [0.2, 0.25) is 0 Å². The van der Waals surface area contributed by atoms with Gasteiger partial charge in [0.15, 0.2) is 0 Å². The Bertz CT molecular complexity index is 454. The highest BCUT2D eigenvalue weighted by molar-refractivity contribution is 7.85. The zero-order valence-corrected chi connectivity index (χ0v) is 10.2. The molecular weight excluding hydrogens is 250 g/mol. The molecule has 1 rings (SSSR count). The lowest BCUT2D eigenvalue weighted by atomic mass is 10.3. The Morgan fingerprint density at radius 2 is 1.82 bits per heavy atom. The molecule has 0 aliphatic rings. The van der Waals surface area contributed by atoms with Crippen molar-refractivity contribution in [2.24, 2.45) is 0 Å². The van der Waals surface area contributed by atoms with Gasteiger partial charge in [-0.05, 0) is 12.1 Å². The zero-order chi connectivity index (χ0) is 13.2. The Morgan fingerprint density at radius 3 is 2.24 bits per heavy atom. The molecule has 0 spiro atoms. The molecule has 0 saturated carbocycles. The van der Waals surface area contributed by atoms with Crippen molar-refractivity contribution in [2.75, 3.05) is 25.6 Å². The molecule has 0 bridgehead atoms. The van der Waals surface area contributed by atoms with Gasteiger partial charge in [0.1, 0.15) is 22.3 Å². The lowest BCUT2D eigenvalue weighted by molar-refractivity contribution is -0.125. The van der Waals surface area contributed by atoms with Crippen molar-refractivity contribution >= 4 is 22.4 Å². The smallest absolute Gasteiger partial charge is 0.235 e. The summed E-state index contributed by atoms with van der Waals surface area (Å²) >= 11 is 0. The van der Waals surface area contributed by atoms with Crippen LogP contribution in [0.1, 0.15) is 0 Å². The molecule has 0 heterocycles. The first-order valence-electron chi connectivity index (χ1n) is 4.66. The van der Waals surface area contributed by atoms with E-state index < -0.39 is 39.0 Å². The van der Waals surface area contributed by atoms with Crippen molar-refractivity contribution < 1.29 is 17.8 Å². The number of halogens is 2. The van der Waals surface area contributed by atoms with E-state index in [4.69, 9.17) is 5.73 Å². The predicted molar refractivity (Wildman–Crippen MR) is 60.7 cm³/mol. The summed E-state index contributed by atoms with van der Waals surface area (Å²) in [5, 5.41) is 0. The molecule has 0 fully saturated rings. The second kappa shape index (κ2) is 5.22. The van der Waals surface area contributed by atoms with Gasteiger partial charge in [-0.25, -0.2) is 8.78 Å². The quantitative estimate of drug-likeness (QED) is 0.817. The standard InChI is InChI=1S/C10H12F2N2O2S/c1-14(2)9(15)5-17(16)10-7(11)3-6(13)4-8(10)12/h3-4H,5,13H2,1-2H3. The first-order chi connectivity index (χ1) is 7.82. The van der Waals surface area contributed by atoms with E-state index in [1.807, 2.05) is 0 Å². The molecule has 0 radical (unpaired) electrons. The van der Waals surface area contributed by atoms with E-state index in [1.165, 1.54) is 19.0 Å². The van der Waals surface area contributed by atoms with Crippen LogP contribution in [0.5, 0.6) is 0 Å². The Morgan fingerprint density at radius 1 is 1.35 bits per heavy atom. The molecule has 4 nitrogen and oxygen atoms in total. The van der Waals surface area contributed by atoms with Gasteiger partial charge in [0.05, 0.1) is 10.8 Å². The monoisotopic (exact) mass is 262 g/mol. The highest BCUT2D eigenvalue weighted by Crippen LogP contribution is 2.20. The number of anilines is 1. The molecule has 1 amide bonds. The fraction of sp³-hybridized carbons (Fsp3) is 0.300. The normalized spacial score (nSPS) is 12.2. The minimum atomic E-state index is -2.06. The number of nitrogens with two attached hydrogens (primary N) is 1. The maximum atomic E-state index is 13.4. The lowest BCUT2D eigenvalue weighted by Crippen LogP contribution is -2.27. The molecule has 0 aromatic heterocycles. The second-order valence-electron chi connectivity index (χ2n) is 3.59. The van der Waals surface area contributed by atoms with E-state index in [-0.39, 0.29) is 5.69 Å². The number of rotatable bonds is 3. The number of hydrogen-bond acceptors (Lipinski definition) is 3. The van der Waals surface area contributed by atoms with Gasteiger partial charge in [-0.2, -0.15) is 0 Å². The summed E-state index contributed by atoms with van der Waals surface area (Å²) in [4.78, 5) is 11.9. The second-order valence-corrected chi connectivity index (χ2v) is 4.98. The van der Waals surface area contributed by atoms with E-state index >= 15 is 0 Å². The van der Waals surface area contributed by atoms with Crippen molar-refractivity contribution in [1.29, 1.82) is 0 Å². The summed E-state index contributed by atoms with van der Waals surface area (Å²) in [6.45, 7) is 0. The zero-order valence-electron chi connectivity index (χ0n) is 9.37. The fourth-order valence-corrected chi connectivity index (χ4v) is 2.29. The van der Waals surface area contributed by atoms with Crippen LogP contribution in [-0.4, -0.2) is 34.9 Å². The third-order valence-electron chi connectivity index (χ3n) is 2.00. The predicted octanol–water partition coefficient (Wildman–Crippen LogP) is 0.743. The molecule has 2 N–H and O–H groups in total. The number of benzene rings is 1. The van der Waals surface area contributed by atoms with E-state index in [9.17, 15) is 17.8 Å². The van der Waals surface area contributed by atoms with Gasteiger partial charge in [-0.3, -0.25) is 9.00 Å². The highest BCUT2D eigenvalue weighted by atomic mass is 32.2. The summed E-state index contributed by atoms with van der Waals surface area (Å²) in [7, 11) is 0.873. The molecule has 1 aromatic carbocycles. The molecule has 1 aromatic rings. The van der Waals surface area contributed by atoms with Crippen molar-refractivity contribution in [3.8, 4) is 0 Å². The van der Waals surface area contributed by atoms with Gasteiger partial charge < -0.3 is 10.6 Å². The van der Waals surface area contributed by atoms with Gasteiger partial charge in [0.2, 0.25) is 5.91 Å². The Kier molecular flexibility index (Phi) is 4.17. The topological polar surface area (TPSA) is 63.4 Å². The van der Waals surface area contributed by atoms with Crippen molar-refractivity contribution in [3.63, 3.8) is 0 Å². The number of nitrogen functional groups attached to an aromatic ring is 1. The van der Waals surface area contributed by atoms with Crippen LogP contribution in [0.4, 0.5) is 14.5 Å². The summed E-state index contributed by atoms with van der Waals surface area (Å²) in [5.41, 5.74) is 5.13. The number of carbonyl (C=O) groups is 1. The van der Waals surface area contributed by atoms with Crippen LogP contribution >= 0.6 is 0 Å². The molecule has 0 saturated heterocycles. The van der Waals surface area contributed by atoms with Gasteiger partial charge in [-0.1, -0.05) is 0 Å². The van der Waals surface area contributed by atoms with Gasteiger partial charge >= 0.3 is 0 Å². The number of hydrogen-bond donors (Lipinski definition) is 1. The van der Waals surface area contributed by atoms with Crippen LogP contribution < -0.4 is 5.73 Å².